The lowest BCUT2D eigenvalue weighted by Gasteiger charge is -1.98. The Bertz CT molecular complexity index is 894. The lowest BCUT2D eigenvalue weighted by molar-refractivity contribution is 0.274. The standard InChI is InChI=1S/C16H13N3O2S/c20-10-12-15(13-7-4-8-21-13)17-16-19(12)18-14(22-16)9-11-5-2-1-3-6-11/h1-8,20H,9-10H2. The highest BCUT2D eigenvalue weighted by Gasteiger charge is 2.18. The molecule has 3 heterocycles. The fourth-order valence-corrected chi connectivity index (χ4v) is 3.37. The summed E-state index contributed by atoms with van der Waals surface area (Å²) in [5.41, 5.74) is 2.51. The second kappa shape index (κ2) is 5.40. The first-order valence-electron chi connectivity index (χ1n) is 6.91. The van der Waals surface area contributed by atoms with Crippen molar-refractivity contribution in [1.29, 1.82) is 0 Å². The molecule has 0 aliphatic rings. The van der Waals surface area contributed by atoms with Gasteiger partial charge in [0.1, 0.15) is 16.4 Å². The Morgan fingerprint density at radius 2 is 2.00 bits per heavy atom. The number of benzene rings is 1. The summed E-state index contributed by atoms with van der Waals surface area (Å²) in [4.78, 5) is 5.32. The Labute approximate surface area is 130 Å². The summed E-state index contributed by atoms with van der Waals surface area (Å²) in [6.45, 7) is -0.133. The van der Waals surface area contributed by atoms with E-state index >= 15 is 0 Å². The first kappa shape index (κ1) is 13.2. The summed E-state index contributed by atoms with van der Waals surface area (Å²) in [7, 11) is 0. The maximum atomic E-state index is 9.67. The van der Waals surface area contributed by atoms with Crippen molar-refractivity contribution in [3.05, 3.63) is 65.0 Å². The smallest absolute Gasteiger partial charge is 0.213 e. The first-order chi connectivity index (χ1) is 10.8. The molecule has 0 bridgehead atoms. The summed E-state index contributed by atoms with van der Waals surface area (Å²) in [6.07, 6.45) is 2.36. The van der Waals surface area contributed by atoms with Crippen LogP contribution in [-0.2, 0) is 13.0 Å². The van der Waals surface area contributed by atoms with E-state index in [2.05, 4.69) is 22.2 Å². The van der Waals surface area contributed by atoms with Gasteiger partial charge in [-0.1, -0.05) is 41.7 Å². The lowest BCUT2D eigenvalue weighted by atomic mass is 10.2. The normalized spacial score (nSPS) is 11.3. The van der Waals surface area contributed by atoms with Crippen LogP contribution in [0.4, 0.5) is 0 Å². The molecule has 0 aliphatic heterocycles. The molecule has 110 valence electrons. The van der Waals surface area contributed by atoms with Gasteiger partial charge in [-0.25, -0.2) is 9.50 Å². The number of imidazole rings is 1. The number of nitrogens with zero attached hydrogens (tertiary/aromatic N) is 3. The largest absolute Gasteiger partial charge is 0.463 e. The first-order valence-corrected chi connectivity index (χ1v) is 7.73. The fraction of sp³-hybridized carbons (Fsp3) is 0.125. The molecule has 4 rings (SSSR count). The van der Waals surface area contributed by atoms with Crippen LogP contribution in [0.2, 0.25) is 0 Å². The van der Waals surface area contributed by atoms with Crippen LogP contribution < -0.4 is 0 Å². The maximum absolute atomic E-state index is 9.67. The van der Waals surface area contributed by atoms with Gasteiger partial charge in [0, 0.05) is 6.42 Å². The third-order valence-corrected chi connectivity index (χ3v) is 4.35. The van der Waals surface area contributed by atoms with E-state index in [1.54, 1.807) is 16.8 Å². The molecule has 1 N–H and O–H groups in total. The minimum Gasteiger partial charge on any atom is -0.463 e. The molecule has 0 fully saturated rings. The van der Waals surface area contributed by atoms with Crippen molar-refractivity contribution in [2.45, 2.75) is 13.0 Å². The van der Waals surface area contributed by atoms with Crippen molar-refractivity contribution in [3.63, 3.8) is 0 Å². The minimum atomic E-state index is -0.133. The predicted molar refractivity (Wildman–Crippen MR) is 83.7 cm³/mol. The molecule has 0 saturated heterocycles. The number of hydrogen-bond donors (Lipinski definition) is 1. The van der Waals surface area contributed by atoms with E-state index < -0.39 is 0 Å². The Balaban J connectivity index is 1.75. The van der Waals surface area contributed by atoms with Crippen LogP contribution in [0.15, 0.2) is 53.1 Å². The van der Waals surface area contributed by atoms with Crippen molar-refractivity contribution in [2.24, 2.45) is 0 Å². The van der Waals surface area contributed by atoms with Crippen LogP contribution in [0, 0.1) is 0 Å². The third kappa shape index (κ3) is 2.22. The van der Waals surface area contributed by atoms with Gasteiger partial charge >= 0.3 is 0 Å². The summed E-state index contributed by atoms with van der Waals surface area (Å²) in [5, 5.41) is 15.2. The van der Waals surface area contributed by atoms with Gasteiger partial charge in [-0.15, -0.1) is 0 Å². The Hall–Kier alpha value is -2.44. The zero-order valence-electron chi connectivity index (χ0n) is 11.6. The van der Waals surface area contributed by atoms with Gasteiger partial charge in [0.15, 0.2) is 5.76 Å². The lowest BCUT2D eigenvalue weighted by Crippen LogP contribution is -1.97. The van der Waals surface area contributed by atoms with Crippen molar-refractivity contribution in [1.82, 2.24) is 14.6 Å². The van der Waals surface area contributed by atoms with Gasteiger partial charge in [-0.05, 0) is 17.7 Å². The Kier molecular flexibility index (Phi) is 3.25. The molecule has 6 heteroatoms. The SMILES string of the molecule is OCc1c(-c2ccco2)nc2sc(Cc3ccccc3)nn12. The zero-order chi connectivity index (χ0) is 14.9. The molecule has 0 aliphatic carbocycles. The van der Waals surface area contributed by atoms with Gasteiger partial charge < -0.3 is 9.52 Å². The van der Waals surface area contributed by atoms with E-state index in [1.165, 1.54) is 16.9 Å². The number of aliphatic hydroxyl groups is 1. The highest BCUT2D eigenvalue weighted by molar-refractivity contribution is 7.16. The van der Waals surface area contributed by atoms with Crippen LogP contribution >= 0.6 is 11.3 Å². The van der Waals surface area contributed by atoms with E-state index in [1.807, 2.05) is 24.3 Å². The summed E-state index contributed by atoms with van der Waals surface area (Å²) in [5.74, 6) is 0.645. The van der Waals surface area contributed by atoms with Gasteiger partial charge in [-0.3, -0.25) is 0 Å². The minimum absolute atomic E-state index is 0.133. The topological polar surface area (TPSA) is 63.6 Å². The monoisotopic (exact) mass is 311 g/mol. The molecule has 0 spiro atoms. The van der Waals surface area contributed by atoms with E-state index in [0.29, 0.717) is 17.1 Å². The average molecular weight is 311 g/mol. The van der Waals surface area contributed by atoms with Gasteiger partial charge in [-0.2, -0.15) is 5.10 Å². The van der Waals surface area contributed by atoms with Crippen LogP contribution in [0.1, 0.15) is 16.3 Å². The Morgan fingerprint density at radius 1 is 1.14 bits per heavy atom. The van der Waals surface area contributed by atoms with Crippen LogP contribution in [-0.4, -0.2) is 19.7 Å². The summed E-state index contributed by atoms with van der Waals surface area (Å²) >= 11 is 1.53. The van der Waals surface area contributed by atoms with Crippen LogP contribution in [0.3, 0.4) is 0 Å². The summed E-state index contributed by atoms with van der Waals surface area (Å²) < 4.78 is 7.09. The van der Waals surface area contributed by atoms with E-state index in [9.17, 15) is 5.11 Å². The second-order valence-electron chi connectivity index (χ2n) is 4.90. The number of aliphatic hydroxyl groups excluding tert-OH is 1. The zero-order valence-corrected chi connectivity index (χ0v) is 12.5. The van der Waals surface area contributed by atoms with E-state index in [4.69, 9.17) is 4.42 Å². The van der Waals surface area contributed by atoms with Gasteiger partial charge in [0.25, 0.3) is 0 Å². The molecule has 4 aromatic rings. The number of fused-ring (bicyclic) bond motifs is 1. The fourth-order valence-electron chi connectivity index (χ4n) is 2.42. The van der Waals surface area contributed by atoms with E-state index in [0.717, 1.165) is 16.4 Å². The molecule has 3 aromatic heterocycles. The van der Waals surface area contributed by atoms with Crippen molar-refractivity contribution < 1.29 is 9.52 Å². The molecule has 0 atom stereocenters. The molecular formula is C16H13N3O2S. The van der Waals surface area contributed by atoms with Crippen molar-refractivity contribution >= 4 is 16.3 Å². The molecule has 22 heavy (non-hydrogen) atoms. The Morgan fingerprint density at radius 3 is 2.73 bits per heavy atom. The number of furan rings is 1. The quantitative estimate of drug-likeness (QED) is 0.629. The highest BCUT2D eigenvalue weighted by atomic mass is 32.1. The van der Waals surface area contributed by atoms with Crippen LogP contribution in [0.25, 0.3) is 16.4 Å². The van der Waals surface area contributed by atoms with Crippen molar-refractivity contribution in [3.8, 4) is 11.5 Å². The maximum Gasteiger partial charge on any atom is 0.213 e. The molecule has 0 radical (unpaired) electrons. The summed E-state index contributed by atoms with van der Waals surface area (Å²) in [6, 6.07) is 13.8. The average Bonchev–Trinajstić information content (AvgIpc) is 3.22. The molecule has 5 nitrogen and oxygen atoms in total. The molecule has 0 amide bonds. The molecule has 1 aromatic carbocycles. The van der Waals surface area contributed by atoms with Crippen molar-refractivity contribution in [2.75, 3.05) is 0 Å². The van der Waals surface area contributed by atoms with Crippen LogP contribution in [0.5, 0.6) is 0 Å². The number of aromatic nitrogens is 3. The molecule has 0 unspecified atom stereocenters. The highest BCUT2D eigenvalue weighted by Crippen LogP contribution is 2.28. The number of rotatable bonds is 4. The number of hydrogen-bond acceptors (Lipinski definition) is 5. The third-order valence-electron chi connectivity index (χ3n) is 3.44. The molecule has 0 saturated carbocycles. The van der Waals surface area contributed by atoms with Gasteiger partial charge in [0.2, 0.25) is 4.96 Å². The predicted octanol–water partition coefficient (Wildman–Crippen LogP) is 3.13. The molecular weight excluding hydrogens is 298 g/mol. The second-order valence-corrected chi connectivity index (χ2v) is 5.94. The van der Waals surface area contributed by atoms with Gasteiger partial charge in [0.05, 0.1) is 12.9 Å². The van der Waals surface area contributed by atoms with E-state index in [-0.39, 0.29) is 6.61 Å².